The first-order chi connectivity index (χ1) is 17.1. The molecule has 0 aromatic heterocycles. The summed E-state index contributed by atoms with van der Waals surface area (Å²) in [5.41, 5.74) is 2.34. The number of piperidine rings is 1. The maximum absolute atomic E-state index is 13.2. The van der Waals surface area contributed by atoms with E-state index < -0.39 is 25.9 Å². The van der Waals surface area contributed by atoms with Crippen LogP contribution < -0.4 is 14.6 Å². The average molecular weight is 531 g/mol. The van der Waals surface area contributed by atoms with E-state index in [9.17, 15) is 14.5 Å². The van der Waals surface area contributed by atoms with Crippen LogP contribution in [0.1, 0.15) is 50.8 Å². The van der Waals surface area contributed by atoms with Gasteiger partial charge in [0.2, 0.25) is 0 Å². The lowest BCUT2D eigenvalue weighted by Crippen LogP contribution is -2.49. The van der Waals surface area contributed by atoms with Gasteiger partial charge in [0.1, 0.15) is 6.04 Å². The van der Waals surface area contributed by atoms with E-state index in [0.717, 1.165) is 31.5 Å². The number of nitrogens with one attached hydrogen (secondary N) is 1. The minimum Gasteiger partial charge on any atom is -0.493 e. The smallest absolute Gasteiger partial charge is 0.435 e. The number of aliphatic carboxylic acids is 1. The molecule has 2 unspecified atom stereocenters. The lowest BCUT2D eigenvalue weighted by molar-refractivity contribution is -0.281. The maximum atomic E-state index is 13.2. The molecule has 0 aliphatic carbocycles. The zero-order valence-corrected chi connectivity index (χ0v) is 22.8. The Morgan fingerprint density at radius 3 is 2.50 bits per heavy atom. The number of hydrogen-bond acceptors (Lipinski definition) is 9. The van der Waals surface area contributed by atoms with Crippen molar-refractivity contribution in [3.8, 4) is 11.5 Å². The first-order valence-electron chi connectivity index (χ1n) is 12.2. The number of carboxylic acids is 1. The van der Waals surface area contributed by atoms with Crippen LogP contribution >= 0.6 is 7.75 Å². The highest BCUT2D eigenvalue weighted by molar-refractivity contribution is 7.51. The topological polar surface area (TPSA) is 125 Å². The summed E-state index contributed by atoms with van der Waals surface area (Å²) in [6.45, 7) is 6.97. The molecule has 2 aliphatic rings. The van der Waals surface area contributed by atoms with Gasteiger partial charge in [-0.3, -0.25) is 14.2 Å². The first kappa shape index (κ1) is 28.8. The van der Waals surface area contributed by atoms with E-state index in [1.165, 1.54) is 19.6 Å². The molecule has 1 aromatic carbocycles. The fourth-order valence-electron chi connectivity index (χ4n) is 4.96. The number of methoxy groups -OCH3 is 3. The monoisotopic (exact) mass is 530 g/mol. The minimum absolute atomic E-state index is 0.0516. The number of carboxylic acid groups (broad SMARTS) is 1. The van der Waals surface area contributed by atoms with Crippen LogP contribution in [0.2, 0.25) is 0 Å². The molecule has 0 radical (unpaired) electrons. The fraction of sp³-hybridized carbons (Fsp3) is 0.708. The van der Waals surface area contributed by atoms with E-state index in [-0.39, 0.29) is 18.8 Å². The van der Waals surface area contributed by atoms with E-state index in [0.29, 0.717) is 23.8 Å². The number of fused-ring (bicyclic) bond motifs is 3. The molecule has 1 saturated heterocycles. The second-order valence-corrected chi connectivity index (χ2v) is 11.4. The Morgan fingerprint density at radius 2 is 1.89 bits per heavy atom. The van der Waals surface area contributed by atoms with Crippen molar-refractivity contribution in [1.82, 2.24) is 9.99 Å². The Bertz CT molecular complexity index is 944. The van der Waals surface area contributed by atoms with Gasteiger partial charge in [0.25, 0.3) is 0 Å². The average Bonchev–Trinajstić information content (AvgIpc) is 2.84. The molecule has 12 heteroatoms. The van der Waals surface area contributed by atoms with E-state index in [1.54, 1.807) is 14.2 Å². The molecule has 2 heterocycles. The largest absolute Gasteiger partial charge is 0.493 e. The summed E-state index contributed by atoms with van der Waals surface area (Å²) in [4.78, 5) is 19.6. The number of rotatable bonds is 13. The van der Waals surface area contributed by atoms with E-state index >= 15 is 0 Å². The second kappa shape index (κ2) is 12.7. The van der Waals surface area contributed by atoms with Crippen LogP contribution in [0.25, 0.3) is 0 Å². The van der Waals surface area contributed by atoms with Crippen molar-refractivity contribution in [2.24, 2.45) is 11.8 Å². The number of carbonyl (C=O) groups is 1. The maximum Gasteiger partial charge on any atom is 0.435 e. The van der Waals surface area contributed by atoms with Crippen molar-refractivity contribution in [3.63, 3.8) is 0 Å². The SMILES string of the molecule is COCOP(=O)(NC(C)C(=O)O)OO[C@@H]1C[C@@H]2c3cc(OC)c(OC)cc3CCN2C[C@H]1CC(C)C. The summed E-state index contributed by atoms with van der Waals surface area (Å²) in [6.07, 6.45) is 1.99. The van der Waals surface area contributed by atoms with Crippen molar-refractivity contribution in [3.05, 3.63) is 23.3 Å². The molecule has 2 N–H and O–H groups in total. The van der Waals surface area contributed by atoms with Gasteiger partial charge in [-0.15, -0.1) is 4.67 Å². The van der Waals surface area contributed by atoms with Crippen LogP contribution in [0.3, 0.4) is 0 Å². The molecule has 204 valence electrons. The van der Waals surface area contributed by atoms with Crippen LogP contribution in [0.4, 0.5) is 0 Å². The van der Waals surface area contributed by atoms with Gasteiger partial charge in [-0.25, -0.2) is 14.5 Å². The molecule has 11 nitrogen and oxygen atoms in total. The van der Waals surface area contributed by atoms with Gasteiger partial charge >= 0.3 is 13.7 Å². The zero-order valence-electron chi connectivity index (χ0n) is 21.9. The summed E-state index contributed by atoms with van der Waals surface area (Å²) in [5, 5.41) is 11.6. The van der Waals surface area contributed by atoms with Gasteiger partial charge in [0, 0.05) is 32.2 Å². The molecular formula is C24H39N2O9P. The number of ether oxygens (including phenoxy) is 3. The molecule has 0 amide bonds. The third-order valence-corrected chi connectivity index (χ3v) is 8.10. The van der Waals surface area contributed by atoms with Crippen molar-refractivity contribution in [2.75, 3.05) is 41.2 Å². The fourth-order valence-corrected chi connectivity index (χ4v) is 6.18. The second-order valence-electron chi connectivity index (χ2n) is 9.72. The zero-order chi connectivity index (χ0) is 26.5. The van der Waals surface area contributed by atoms with Crippen LogP contribution in [0.15, 0.2) is 12.1 Å². The van der Waals surface area contributed by atoms with E-state index in [1.807, 2.05) is 12.1 Å². The lowest BCUT2D eigenvalue weighted by Gasteiger charge is -2.47. The summed E-state index contributed by atoms with van der Waals surface area (Å²) < 4.78 is 39.7. The highest BCUT2D eigenvalue weighted by Crippen LogP contribution is 2.48. The molecule has 5 atom stereocenters. The number of nitrogens with zero attached hydrogens (tertiary/aromatic N) is 1. The Balaban J connectivity index is 1.84. The molecule has 36 heavy (non-hydrogen) atoms. The highest BCUT2D eigenvalue weighted by atomic mass is 31.2. The van der Waals surface area contributed by atoms with Gasteiger partial charge in [0.15, 0.2) is 18.3 Å². The van der Waals surface area contributed by atoms with Crippen molar-refractivity contribution < 1.29 is 42.8 Å². The van der Waals surface area contributed by atoms with Crippen LogP contribution in [-0.4, -0.2) is 69.3 Å². The van der Waals surface area contributed by atoms with E-state index in [2.05, 4.69) is 23.8 Å². The third-order valence-electron chi connectivity index (χ3n) is 6.67. The Hall–Kier alpha value is -1.72. The predicted octanol–water partition coefficient (Wildman–Crippen LogP) is 3.78. The molecule has 1 fully saturated rings. The molecule has 3 rings (SSSR count). The summed E-state index contributed by atoms with van der Waals surface area (Å²) in [5.74, 6) is 0.704. The number of benzene rings is 1. The predicted molar refractivity (Wildman–Crippen MR) is 132 cm³/mol. The third kappa shape index (κ3) is 6.98. The van der Waals surface area contributed by atoms with Crippen LogP contribution in [0, 0.1) is 11.8 Å². The normalized spacial score (nSPS) is 24.5. The van der Waals surface area contributed by atoms with Gasteiger partial charge < -0.3 is 19.3 Å². The van der Waals surface area contributed by atoms with Crippen molar-refractivity contribution in [2.45, 2.75) is 58.2 Å². The molecular weight excluding hydrogens is 491 g/mol. The number of hydrogen-bond donors (Lipinski definition) is 2. The first-order valence-corrected chi connectivity index (χ1v) is 13.7. The Labute approximate surface area is 212 Å². The van der Waals surface area contributed by atoms with Gasteiger partial charge in [-0.1, -0.05) is 13.8 Å². The van der Waals surface area contributed by atoms with Gasteiger partial charge in [0.05, 0.1) is 20.3 Å². The minimum atomic E-state index is -4.13. The standard InChI is InChI=1S/C24H39N2O9P/c1-15(2)9-18-13-26-8-7-17-10-22(31-5)23(32-6)11-19(17)20(26)12-21(18)34-35-36(29,33-14-30-4)25-16(3)24(27)28/h10-11,15-16,18,20-21H,7-9,12-14H2,1-6H3,(H,25,29)(H,27,28)/t16?,18-,20-,21-,36?/m1/s1. The van der Waals surface area contributed by atoms with Crippen LogP contribution in [0.5, 0.6) is 11.5 Å². The summed E-state index contributed by atoms with van der Waals surface area (Å²) >= 11 is 0. The highest BCUT2D eigenvalue weighted by Gasteiger charge is 2.42. The van der Waals surface area contributed by atoms with E-state index in [4.69, 9.17) is 28.3 Å². The van der Waals surface area contributed by atoms with Crippen LogP contribution in [-0.2, 0) is 34.6 Å². The quantitative estimate of drug-likeness (QED) is 0.168. The molecule has 1 aromatic rings. The Kier molecular flexibility index (Phi) is 10.2. The molecule has 2 aliphatic heterocycles. The molecule has 0 saturated carbocycles. The van der Waals surface area contributed by atoms with Crippen molar-refractivity contribution >= 4 is 13.7 Å². The molecule has 0 spiro atoms. The summed E-state index contributed by atoms with van der Waals surface area (Å²) in [7, 11) is 0.481. The van der Waals surface area contributed by atoms with Gasteiger partial charge in [-0.2, -0.15) is 0 Å². The van der Waals surface area contributed by atoms with Gasteiger partial charge in [-0.05, 0) is 55.4 Å². The molecule has 0 bridgehead atoms. The summed E-state index contributed by atoms with van der Waals surface area (Å²) in [6, 6.07) is 2.92. The Morgan fingerprint density at radius 1 is 1.19 bits per heavy atom. The van der Waals surface area contributed by atoms with Crippen molar-refractivity contribution in [1.29, 1.82) is 0 Å². The lowest BCUT2D eigenvalue weighted by atomic mass is 9.79.